The highest BCUT2D eigenvalue weighted by Gasteiger charge is 2.32. The first-order valence-corrected chi connectivity index (χ1v) is 7.17. The molecule has 1 aliphatic heterocycles. The lowest BCUT2D eigenvalue weighted by molar-refractivity contribution is -0.146. The number of methoxy groups -OCH3 is 1. The van der Waals surface area contributed by atoms with E-state index in [0.717, 1.165) is 11.0 Å². The van der Waals surface area contributed by atoms with Crippen molar-refractivity contribution >= 4 is 22.9 Å². The zero-order chi connectivity index (χ0) is 15.5. The van der Waals surface area contributed by atoms with Gasteiger partial charge >= 0.3 is 5.97 Å². The van der Waals surface area contributed by atoms with Crippen LogP contribution >= 0.6 is 0 Å². The molecule has 1 saturated heterocycles. The van der Waals surface area contributed by atoms with Crippen LogP contribution in [0.3, 0.4) is 0 Å². The van der Waals surface area contributed by atoms with Crippen LogP contribution in [0.5, 0.6) is 0 Å². The molecule has 2 aromatic rings. The van der Waals surface area contributed by atoms with E-state index in [2.05, 4.69) is 10.3 Å². The molecule has 116 valence electrons. The minimum Gasteiger partial charge on any atom is -0.469 e. The monoisotopic (exact) mass is 302 g/mol. The van der Waals surface area contributed by atoms with E-state index >= 15 is 0 Å². The van der Waals surface area contributed by atoms with Crippen molar-refractivity contribution in [3.63, 3.8) is 0 Å². The Morgan fingerprint density at radius 3 is 3.09 bits per heavy atom. The highest BCUT2D eigenvalue weighted by Crippen LogP contribution is 2.16. The van der Waals surface area contributed by atoms with Gasteiger partial charge in [-0.25, -0.2) is 4.98 Å². The fourth-order valence-electron chi connectivity index (χ4n) is 2.71. The van der Waals surface area contributed by atoms with Crippen LogP contribution in [-0.4, -0.2) is 52.6 Å². The second-order valence-electron chi connectivity index (χ2n) is 5.24. The van der Waals surface area contributed by atoms with Crippen LogP contribution in [0.4, 0.5) is 0 Å². The van der Waals surface area contributed by atoms with Crippen LogP contribution < -0.4 is 5.32 Å². The number of amides is 1. The van der Waals surface area contributed by atoms with E-state index in [9.17, 15) is 9.59 Å². The Hall–Kier alpha value is -2.41. The van der Waals surface area contributed by atoms with E-state index < -0.39 is 6.04 Å². The average molecular weight is 302 g/mol. The number of rotatable bonds is 4. The Kier molecular flexibility index (Phi) is 4.06. The Morgan fingerprint density at radius 1 is 1.45 bits per heavy atom. The van der Waals surface area contributed by atoms with Crippen LogP contribution in [-0.2, 0) is 21.0 Å². The molecule has 1 aromatic heterocycles. The van der Waals surface area contributed by atoms with Crippen molar-refractivity contribution in [2.75, 3.05) is 20.2 Å². The van der Waals surface area contributed by atoms with Gasteiger partial charge in [-0.15, -0.1) is 0 Å². The van der Waals surface area contributed by atoms with Gasteiger partial charge in [0.25, 0.3) is 0 Å². The Morgan fingerprint density at radius 2 is 2.27 bits per heavy atom. The fraction of sp³-hybridized carbons (Fsp3) is 0.400. The Bertz CT molecular complexity index is 697. The Labute approximate surface area is 127 Å². The molecule has 0 radical (unpaired) electrons. The minimum absolute atomic E-state index is 0.0506. The summed E-state index contributed by atoms with van der Waals surface area (Å²) in [7, 11) is 1.33. The molecule has 1 amide bonds. The van der Waals surface area contributed by atoms with Gasteiger partial charge in [0.15, 0.2) is 0 Å². The van der Waals surface area contributed by atoms with E-state index in [4.69, 9.17) is 4.74 Å². The zero-order valence-corrected chi connectivity index (χ0v) is 12.4. The summed E-state index contributed by atoms with van der Waals surface area (Å²) < 4.78 is 6.67. The van der Waals surface area contributed by atoms with E-state index in [1.54, 1.807) is 6.33 Å². The number of ether oxygens (including phenoxy) is 1. The van der Waals surface area contributed by atoms with Gasteiger partial charge in [-0.1, -0.05) is 12.1 Å². The summed E-state index contributed by atoms with van der Waals surface area (Å²) in [6.45, 7) is 1.76. The number of esters is 1. The van der Waals surface area contributed by atoms with Crippen molar-refractivity contribution in [2.24, 2.45) is 0 Å². The lowest BCUT2D eigenvalue weighted by Crippen LogP contribution is -2.56. The number of fused-ring (bicyclic) bond motifs is 1. The summed E-state index contributed by atoms with van der Waals surface area (Å²) in [5.74, 6) is -0.524. The van der Waals surface area contributed by atoms with Gasteiger partial charge in [-0.3, -0.25) is 14.5 Å². The largest absolute Gasteiger partial charge is 0.469 e. The topological polar surface area (TPSA) is 76.5 Å². The molecule has 7 heteroatoms. The molecule has 3 rings (SSSR count). The third kappa shape index (κ3) is 2.80. The second kappa shape index (κ2) is 6.15. The molecule has 7 nitrogen and oxygen atoms in total. The minimum atomic E-state index is -0.512. The molecule has 0 bridgehead atoms. The Balaban J connectivity index is 1.82. The van der Waals surface area contributed by atoms with Gasteiger partial charge in [-0.05, 0) is 12.1 Å². The standard InChI is InChI=1S/C15H18N4O3/c1-22-14(20)8-13-15(21)16-6-7-18(13)10-19-9-17-11-4-2-3-5-12(11)19/h2-5,9,13H,6-8,10H2,1H3,(H,16,21)/t13-/m1/s1. The first kappa shape index (κ1) is 14.5. The maximum atomic E-state index is 12.1. The summed E-state index contributed by atoms with van der Waals surface area (Å²) in [5, 5.41) is 2.80. The van der Waals surface area contributed by atoms with Crippen molar-refractivity contribution in [1.82, 2.24) is 19.8 Å². The molecule has 1 aliphatic rings. The predicted octanol–water partition coefficient (Wildman–Crippen LogP) is 0.357. The smallest absolute Gasteiger partial charge is 0.307 e. The molecular weight excluding hydrogens is 284 g/mol. The number of hydrogen-bond acceptors (Lipinski definition) is 5. The first-order valence-electron chi connectivity index (χ1n) is 7.17. The summed E-state index contributed by atoms with van der Waals surface area (Å²) in [6, 6.07) is 7.31. The average Bonchev–Trinajstić information content (AvgIpc) is 2.94. The van der Waals surface area contributed by atoms with Crippen LogP contribution in [0, 0.1) is 0 Å². The van der Waals surface area contributed by atoms with Crippen molar-refractivity contribution < 1.29 is 14.3 Å². The van der Waals surface area contributed by atoms with Crippen LogP contribution in [0.1, 0.15) is 6.42 Å². The number of para-hydroxylation sites is 2. The number of nitrogens with one attached hydrogen (secondary N) is 1. The highest BCUT2D eigenvalue weighted by molar-refractivity contribution is 5.87. The van der Waals surface area contributed by atoms with Gasteiger partial charge in [0.2, 0.25) is 5.91 Å². The number of piperazine rings is 1. The first-order chi connectivity index (χ1) is 10.7. The number of benzene rings is 1. The maximum Gasteiger partial charge on any atom is 0.307 e. The SMILES string of the molecule is COC(=O)C[C@@H]1C(=O)NCCN1Cn1cnc2ccccc21. The predicted molar refractivity (Wildman–Crippen MR) is 79.9 cm³/mol. The lowest BCUT2D eigenvalue weighted by atomic mass is 10.1. The number of imidazole rings is 1. The van der Waals surface area contributed by atoms with Gasteiger partial charge in [0.1, 0.15) is 6.04 Å². The number of hydrogen-bond donors (Lipinski definition) is 1. The molecule has 0 unspecified atom stereocenters. The van der Waals surface area contributed by atoms with Crippen LogP contribution in [0.2, 0.25) is 0 Å². The van der Waals surface area contributed by atoms with E-state index in [0.29, 0.717) is 19.8 Å². The number of carbonyl (C=O) groups excluding carboxylic acids is 2. The van der Waals surface area contributed by atoms with Crippen molar-refractivity contribution in [1.29, 1.82) is 0 Å². The summed E-state index contributed by atoms with van der Waals surface area (Å²) in [5.41, 5.74) is 1.92. The van der Waals surface area contributed by atoms with Gasteiger partial charge < -0.3 is 14.6 Å². The van der Waals surface area contributed by atoms with E-state index in [-0.39, 0.29) is 18.3 Å². The van der Waals surface area contributed by atoms with E-state index in [1.807, 2.05) is 33.7 Å². The van der Waals surface area contributed by atoms with Crippen LogP contribution in [0.25, 0.3) is 11.0 Å². The number of nitrogens with zero attached hydrogens (tertiary/aromatic N) is 3. The quantitative estimate of drug-likeness (QED) is 0.825. The van der Waals surface area contributed by atoms with Crippen molar-refractivity contribution in [3.05, 3.63) is 30.6 Å². The third-order valence-corrected chi connectivity index (χ3v) is 3.89. The molecule has 1 atom stereocenters. The summed E-state index contributed by atoms with van der Waals surface area (Å²) in [6.07, 6.45) is 1.81. The molecule has 1 aromatic carbocycles. The molecule has 1 N–H and O–H groups in total. The molecule has 0 aliphatic carbocycles. The highest BCUT2D eigenvalue weighted by atomic mass is 16.5. The molecule has 0 spiro atoms. The zero-order valence-electron chi connectivity index (χ0n) is 12.4. The molecule has 22 heavy (non-hydrogen) atoms. The molecule has 0 saturated carbocycles. The number of aromatic nitrogens is 2. The third-order valence-electron chi connectivity index (χ3n) is 3.89. The maximum absolute atomic E-state index is 12.1. The van der Waals surface area contributed by atoms with Crippen LogP contribution in [0.15, 0.2) is 30.6 Å². The summed E-state index contributed by atoms with van der Waals surface area (Å²) >= 11 is 0. The van der Waals surface area contributed by atoms with Crippen molar-refractivity contribution in [2.45, 2.75) is 19.1 Å². The van der Waals surface area contributed by atoms with Crippen molar-refractivity contribution in [3.8, 4) is 0 Å². The molecule has 2 heterocycles. The summed E-state index contributed by atoms with van der Waals surface area (Å²) in [4.78, 5) is 29.9. The molecular formula is C15H18N4O3. The van der Waals surface area contributed by atoms with Gasteiger partial charge in [0, 0.05) is 13.1 Å². The number of carbonyl (C=O) groups is 2. The molecule has 1 fully saturated rings. The normalized spacial score (nSPS) is 19.1. The van der Waals surface area contributed by atoms with Gasteiger partial charge in [0.05, 0.1) is 37.6 Å². The second-order valence-corrected chi connectivity index (χ2v) is 5.24. The fourth-order valence-corrected chi connectivity index (χ4v) is 2.71. The van der Waals surface area contributed by atoms with Gasteiger partial charge in [-0.2, -0.15) is 0 Å². The lowest BCUT2D eigenvalue weighted by Gasteiger charge is -2.34. The van der Waals surface area contributed by atoms with E-state index in [1.165, 1.54) is 7.11 Å².